The summed E-state index contributed by atoms with van der Waals surface area (Å²) in [6.45, 7) is -0.786. The maximum atomic E-state index is 12.8. The van der Waals surface area contributed by atoms with Crippen molar-refractivity contribution < 1.29 is 22.3 Å². The van der Waals surface area contributed by atoms with Crippen molar-refractivity contribution in [3.63, 3.8) is 0 Å². The van der Waals surface area contributed by atoms with E-state index in [2.05, 4.69) is 15.9 Å². The molecular formula is C10H12BrF2NO3S. The normalized spacial score (nSPS) is 12.7. The summed E-state index contributed by atoms with van der Waals surface area (Å²) in [6, 6.07) is 4.45. The topological polar surface area (TPSA) is 66.4 Å². The Morgan fingerprint density at radius 2 is 2.06 bits per heavy atom. The highest BCUT2D eigenvalue weighted by atomic mass is 79.9. The molecule has 0 fully saturated rings. The molecule has 2 N–H and O–H groups in total. The van der Waals surface area contributed by atoms with E-state index in [1.54, 1.807) is 23.8 Å². The molecule has 4 nitrogen and oxygen atoms in total. The zero-order valence-corrected chi connectivity index (χ0v) is 11.9. The van der Waals surface area contributed by atoms with Crippen LogP contribution in [0.15, 0.2) is 27.6 Å². The third-order valence-electron chi connectivity index (χ3n) is 2.13. The Morgan fingerprint density at radius 3 is 2.56 bits per heavy atom. The molecule has 0 unspecified atom stereocenters. The molecule has 0 heterocycles. The van der Waals surface area contributed by atoms with Gasteiger partial charge >= 0.3 is 0 Å². The molecule has 0 aliphatic rings. The molecule has 0 aliphatic carbocycles. The summed E-state index contributed by atoms with van der Waals surface area (Å²) in [5.74, 6) is -3.48. The van der Waals surface area contributed by atoms with Crippen LogP contribution in [-0.2, 0) is 10.0 Å². The van der Waals surface area contributed by atoms with E-state index in [-0.39, 0.29) is 4.90 Å². The highest BCUT2D eigenvalue weighted by Gasteiger charge is 2.30. The minimum absolute atomic E-state index is 0.123. The van der Waals surface area contributed by atoms with Gasteiger partial charge in [-0.25, -0.2) is 21.9 Å². The summed E-state index contributed by atoms with van der Waals surface area (Å²) < 4.78 is 51.1. The van der Waals surface area contributed by atoms with Gasteiger partial charge in [0.2, 0.25) is 10.0 Å². The Labute approximate surface area is 112 Å². The van der Waals surface area contributed by atoms with Crippen LogP contribution in [0.3, 0.4) is 0 Å². The van der Waals surface area contributed by atoms with E-state index < -0.39 is 29.1 Å². The lowest BCUT2D eigenvalue weighted by Crippen LogP contribution is -2.39. The first-order chi connectivity index (χ1) is 8.18. The van der Waals surface area contributed by atoms with Gasteiger partial charge in [-0.15, -0.1) is 0 Å². The van der Waals surface area contributed by atoms with Crippen molar-refractivity contribution in [2.45, 2.75) is 17.7 Å². The molecule has 0 bridgehead atoms. The van der Waals surface area contributed by atoms with Gasteiger partial charge in [-0.05, 0) is 40.5 Å². The van der Waals surface area contributed by atoms with Crippen molar-refractivity contribution in [2.24, 2.45) is 0 Å². The van der Waals surface area contributed by atoms with Gasteiger partial charge in [0.05, 0.1) is 11.4 Å². The Hall–Kier alpha value is -0.570. The number of sulfonamides is 1. The second-order valence-electron chi connectivity index (χ2n) is 3.77. The van der Waals surface area contributed by atoms with E-state index in [0.717, 1.165) is 5.56 Å². The Balaban J connectivity index is 2.94. The Morgan fingerprint density at radius 1 is 1.44 bits per heavy atom. The van der Waals surface area contributed by atoms with Crippen LogP contribution in [0.1, 0.15) is 5.56 Å². The second-order valence-corrected chi connectivity index (χ2v) is 6.36. The highest BCUT2D eigenvalue weighted by molar-refractivity contribution is 9.10. The van der Waals surface area contributed by atoms with Gasteiger partial charge in [-0.1, -0.05) is 6.07 Å². The van der Waals surface area contributed by atoms with Gasteiger partial charge in [-0.3, -0.25) is 0 Å². The largest absolute Gasteiger partial charge is 0.390 e. The number of aliphatic hydroxyl groups excluding tert-OH is 1. The average Bonchev–Trinajstić information content (AvgIpc) is 2.26. The Kier molecular flexibility index (Phi) is 4.82. The van der Waals surface area contributed by atoms with Gasteiger partial charge in [0.15, 0.2) is 0 Å². The number of aryl methyl sites for hydroxylation is 1. The zero-order valence-electron chi connectivity index (χ0n) is 9.45. The Bertz CT molecular complexity index is 534. The predicted octanol–water partition coefficient (Wildman–Crippen LogP) is 1.66. The summed E-state index contributed by atoms with van der Waals surface area (Å²) in [7, 11) is -4.04. The van der Waals surface area contributed by atoms with E-state index in [1.165, 1.54) is 6.07 Å². The molecule has 0 amide bonds. The van der Waals surface area contributed by atoms with Crippen molar-refractivity contribution >= 4 is 26.0 Å². The molecule has 18 heavy (non-hydrogen) atoms. The number of nitrogens with one attached hydrogen (secondary N) is 1. The first-order valence-corrected chi connectivity index (χ1v) is 7.20. The molecule has 0 saturated heterocycles. The maximum absolute atomic E-state index is 12.8. The summed E-state index contributed by atoms with van der Waals surface area (Å²) in [4.78, 5) is -0.123. The average molecular weight is 344 g/mol. The maximum Gasteiger partial charge on any atom is 0.283 e. The quantitative estimate of drug-likeness (QED) is 0.854. The summed E-state index contributed by atoms with van der Waals surface area (Å²) in [6.07, 6.45) is 0. The fourth-order valence-corrected chi connectivity index (χ4v) is 3.41. The lowest BCUT2D eigenvalue weighted by Gasteiger charge is -2.15. The van der Waals surface area contributed by atoms with E-state index in [1.807, 2.05) is 0 Å². The standard InChI is InChI=1S/C10H12BrF2NO3S/c1-7-2-3-9(8(11)4-7)18(16,17)14-5-10(12,13)6-15/h2-4,14-15H,5-6H2,1H3. The smallest absolute Gasteiger partial charge is 0.283 e. The number of hydrogen-bond donors (Lipinski definition) is 2. The first-order valence-electron chi connectivity index (χ1n) is 4.92. The lowest BCUT2D eigenvalue weighted by molar-refractivity contribution is -0.0437. The fraction of sp³-hybridized carbons (Fsp3) is 0.400. The van der Waals surface area contributed by atoms with Crippen LogP contribution in [0.5, 0.6) is 0 Å². The van der Waals surface area contributed by atoms with Gasteiger partial charge in [0.25, 0.3) is 5.92 Å². The summed E-state index contributed by atoms with van der Waals surface area (Å²) >= 11 is 3.06. The van der Waals surface area contributed by atoms with Crippen LogP contribution in [0.4, 0.5) is 8.78 Å². The van der Waals surface area contributed by atoms with Crippen molar-refractivity contribution in [3.05, 3.63) is 28.2 Å². The first kappa shape index (κ1) is 15.5. The summed E-state index contributed by atoms with van der Waals surface area (Å²) in [5.41, 5.74) is 0.835. The van der Waals surface area contributed by atoms with Crippen molar-refractivity contribution in [2.75, 3.05) is 13.2 Å². The van der Waals surface area contributed by atoms with E-state index in [0.29, 0.717) is 4.47 Å². The minimum atomic E-state index is -4.04. The number of rotatable bonds is 5. The predicted molar refractivity (Wildman–Crippen MR) is 66.1 cm³/mol. The molecule has 0 aromatic heterocycles. The van der Waals surface area contributed by atoms with Crippen molar-refractivity contribution in [1.29, 1.82) is 0 Å². The lowest BCUT2D eigenvalue weighted by atomic mass is 10.2. The number of aliphatic hydroxyl groups is 1. The number of halogens is 3. The molecule has 0 aliphatic heterocycles. The number of alkyl halides is 2. The third-order valence-corrected chi connectivity index (χ3v) is 4.51. The van der Waals surface area contributed by atoms with Crippen LogP contribution < -0.4 is 4.72 Å². The van der Waals surface area contributed by atoms with Crippen LogP contribution in [0, 0.1) is 6.92 Å². The van der Waals surface area contributed by atoms with Gasteiger partial charge < -0.3 is 5.11 Å². The van der Waals surface area contributed by atoms with Crippen LogP contribution >= 0.6 is 15.9 Å². The molecule has 0 radical (unpaired) electrons. The van der Waals surface area contributed by atoms with Crippen molar-refractivity contribution in [3.8, 4) is 0 Å². The molecule has 1 aromatic carbocycles. The summed E-state index contributed by atoms with van der Waals surface area (Å²) in [5, 5.41) is 8.36. The second kappa shape index (κ2) is 5.60. The number of benzene rings is 1. The van der Waals surface area contributed by atoms with Gasteiger partial charge in [-0.2, -0.15) is 0 Å². The molecule has 1 rings (SSSR count). The van der Waals surface area contributed by atoms with Crippen molar-refractivity contribution in [1.82, 2.24) is 4.72 Å². The molecule has 0 atom stereocenters. The SMILES string of the molecule is Cc1ccc(S(=O)(=O)NCC(F)(F)CO)c(Br)c1. The van der Waals surface area contributed by atoms with Gasteiger partial charge in [0, 0.05) is 4.47 Å². The molecular weight excluding hydrogens is 332 g/mol. The van der Waals surface area contributed by atoms with Crippen LogP contribution in [0.2, 0.25) is 0 Å². The third kappa shape index (κ3) is 3.98. The number of hydrogen-bond acceptors (Lipinski definition) is 3. The van der Waals surface area contributed by atoms with Crippen LogP contribution in [-0.4, -0.2) is 32.6 Å². The van der Waals surface area contributed by atoms with Gasteiger partial charge in [0.1, 0.15) is 6.61 Å². The fourth-order valence-electron chi connectivity index (χ4n) is 1.16. The molecule has 102 valence electrons. The van der Waals surface area contributed by atoms with Crippen LogP contribution in [0.25, 0.3) is 0 Å². The highest BCUT2D eigenvalue weighted by Crippen LogP contribution is 2.23. The molecule has 0 spiro atoms. The van der Waals surface area contributed by atoms with E-state index in [4.69, 9.17) is 5.11 Å². The zero-order chi connectivity index (χ0) is 14.0. The monoisotopic (exact) mass is 343 g/mol. The molecule has 1 aromatic rings. The van der Waals surface area contributed by atoms with E-state index >= 15 is 0 Å². The minimum Gasteiger partial charge on any atom is -0.390 e. The molecule has 8 heteroatoms. The molecule has 0 saturated carbocycles. The van der Waals surface area contributed by atoms with E-state index in [9.17, 15) is 17.2 Å².